The fraction of sp³-hybridized carbons (Fsp3) is 0.158. The Labute approximate surface area is 161 Å². The monoisotopic (exact) mass is 383 g/mol. The van der Waals surface area contributed by atoms with Gasteiger partial charge >= 0.3 is 5.97 Å². The fourth-order valence-electron chi connectivity index (χ4n) is 2.98. The molecule has 0 atom stereocenters. The molecule has 0 bridgehead atoms. The van der Waals surface area contributed by atoms with Gasteiger partial charge < -0.3 is 9.30 Å². The first kappa shape index (κ1) is 18.5. The number of nitrogens with one attached hydrogen (secondary N) is 2. The lowest BCUT2D eigenvalue weighted by molar-refractivity contribution is -0.123. The third-order valence-corrected chi connectivity index (χ3v) is 4.44. The number of hydrogen-bond acceptors (Lipinski definition) is 5. The number of benzene rings is 1. The van der Waals surface area contributed by atoms with E-state index in [2.05, 4.69) is 10.6 Å². The number of aromatic nitrogens is 1. The minimum absolute atomic E-state index is 0.00718. The Morgan fingerprint density at radius 1 is 1.15 bits per heavy atom. The summed E-state index contributed by atoms with van der Waals surface area (Å²) in [7, 11) is 1.33. The Kier molecular flexibility index (Phi) is 4.91. The van der Waals surface area contributed by atoms with Crippen LogP contribution in [0.4, 0.5) is 0 Å². The van der Waals surface area contributed by atoms with E-state index in [0.29, 0.717) is 11.1 Å². The van der Waals surface area contributed by atoms with E-state index >= 15 is 0 Å². The molecule has 138 valence electrons. The molecule has 0 saturated carbocycles. The number of esters is 1. The second kappa shape index (κ2) is 7.16. The van der Waals surface area contributed by atoms with Gasteiger partial charge in [0.2, 0.25) is 0 Å². The van der Waals surface area contributed by atoms with Gasteiger partial charge in [-0.15, -0.1) is 0 Å². The quantitative estimate of drug-likeness (QED) is 0.365. The molecule has 3 rings (SSSR count). The van der Waals surface area contributed by atoms with Crippen molar-refractivity contribution >= 4 is 41.2 Å². The van der Waals surface area contributed by atoms with Gasteiger partial charge in [-0.1, -0.05) is 6.07 Å². The first-order chi connectivity index (χ1) is 12.8. The molecule has 8 heteroatoms. The van der Waals surface area contributed by atoms with Crippen LogP contribution < -0.4 is 10.6 Å². The first-order valence-electron chi connectivity index (χ1n) is 8.08. The number of methoxy groups -OCH3 is 1. The number of hydrogen-bond donors (Lipinski definition) is 2. The molecule has 2 aromatic rings. The number of nitrogens with zero attached hydrogens (tertiary/aromatic N) is 1. The van der Waals surface area contributed by atoms with Crippen LogP contribution in [0.1, 0.15) is 27.3 Å². The number of carbonyl (C=O) groups excluding carboxylic acids is 3. The summed E-state index contributed by atoms with van der Waals surface area (Å²) < 4.78 is 6.70. The number of thiocarbonyl (C=S) groups is 1. The maximum atomic E-state index is 12.1. The van der Waals surface area contributed by atoms with E-state index in [1.807, 2.05) is 30.5 Å². The summed E-state index contributed by atoms with van der Waals surface area (Å²) >= 11 is 4.80. The first-order valence-corrected chi connectivity index (χ1v) is 8.48. The minimum Gasteiger partial charge on any atom is -0.465 e. The zero-order valence-electron chi connectivity index (χ0n) is 15.0. The second-order valence-corrected chi connectivity index (χ2v) is 6.41. The molecule has 0 spiro atoms. The summed E-state index contributed by atoms with van der Waals surface area (Å²) in [5, 5.41) is 4.82. The average Bonchev–Trinajstić information content (AvgIpc) is 2.91. The summed E-state index contributed by atoms with van der Waals surface area (Å²) in [6, 6.07) is 8.89. The van der Waals surface area contributed by atoms with E-state index in [0.717, 1.165) is 17.1 Å². The van der Waals surface area contributed by atoms with Gasteiger partial charge in [0, 0.05) is 17.1 Å². The summed E-state index contributed by atoms with van der Waals surface area (Å²) in [5.74, 6) is -1.50. The van der Waals surface area contributed by atoms with E-state index in [4.69, 9.17) is 17.0 Å². The van der Waals surface area contributed by atoms with Crippen molar-refractivity contribution in [3.8, 4) is 5.69 Å². The molecule has 1 aromatic heterocycles. The number of amides is 2. The van der Waals surface area contributed by atoms with Crippen LogP contribution in [0.2, 0.25) is 0 Å². The Morgan fingerprint density at radius 3 is 2.44 bits per heavy atom. The highest BCUT2D eigenvalue weighted by Gasteiger charge is 2.26. The molecule has 1 aromatic carbocycles. The maximum absolute atomic E-state index is 12.1. The predicted octanol–water partition coefficient (Wildman–Crippen LogP) is 1.80. The number of carbonyl (C=O) groups is 3. The van der Waals surface area contributed by atoms with Crippen LogP contribution in [-0.2, 0) is 14.3 Å². The SMILES string of the molecule is COC(=O)c1cccc(-n2c(C)cc(C=C3C(=O)NC(=S)NC3=O)c2C)c1. The highest BCUT2D eigenvalue weighted by molar-refractivity contribution is 7.80. The average molecular weight is 383 g/mol. The standard InChI is InChI=1S/C19H17N3O4S/c1-10-7-13(9-15-16(23)20-19(27)21-17(15)24)11(2)22(10)14-6-4-5-12(8-14)18(25)26-3/h4-9H,1-3H3,(H2,20,21,23,24,27). The molecule has 2 heterocycles. The van der Waals surface area contributed by atoms with E-state index in [-0.39, 0.29) is 10.7 Å². The molecule has 7 nitrogen and oxygen atoms in total. The van der Waals surface area contributed by atoms with Crippen LogP contribution in [-0.4, -0.2) is 34.6 Å². The summed E-state index contributed by atoms with van der Waals surface area (Å²) in [5.41, 5.74) is 3.60. The zero-order chi connectivity index (χ0) is 19.7. The van der Waals surface area contributed by atoms with Crippen molar-refractivity contribution in [3.05, 3.63) is 58.4 Å². The van der Waals surface area contributed by atoms with Gasteiger partial charge in [-0.2, -0.15) is 0 Å². The molecule has 2 N–H and O–H groups in total. The normalized spacial score (nSPS) is 13.9. The lowest BCUT2D eigenvalue weighted by Gasteiger charge is -2.16. The van der Waals surface area contributed by atoms with Crippen LogP contribution in [0, 0.1) is 13.8 Å². The Bertz CT molecular complexity index is 998. The van der Waals surface area contributed by atoms with Gasteiger partial charge in [-0.25, -0.2) is 4.79 Å². The lowest BCUT2D eigenvalue weighted by atomic mass is 10.1. The van der Waals surface area contributed by atoms with Crippen LogP contribution in [0.5, 0.6) is 0 Å². The number of aryl methyl sites for hydroxylation is 1. The van der Waals surface area contributed by atoms with E-state index < -0.39 is 17.8 Å². The molecule has 2 amide bonds. The summed E-state index contributed by atoms with van der Waals surface area (Å²) in [6.45, 7) is 3.77. The molecule has 1 aliphatic rings. The van der Waals surface area contributed by atoms with E-state index in [1.165, 1.54) is 13.2 Å². The highest BCUT2D eigenvalue weighted by Crippen LogP contribution is 2.24. The molecule has 0 aliphatic carbocycles. The van der Waals surface area contributed by atoms with Gasteiger partial charge in [-0.05, 0) is 62.0 Å². The van der Waals surface area contributed by atoms with Crippen molar-refractivity contribution in [1.29, 1.82) is 0 Å². The fourth-order valence-corrected chi connectivity index (χ4v) is 3.17. The largest absolute Gasteiger partial charge is 0.465 e. The maximum Gasteiger partial charge on any atom is 0.337 e. The second-order valence-electron chi connectivity index (χ2n) is 6.00. The molecule has 27 heavy (non-hydrogen) atoms. The van der Waals surface area contributed by atoms with Crippen molar-refractivity contribution in [2.75, 3.05) is 7.11 Å². The smallest absolute Gasteiger partial charge is 0.337 e. The van der Waals surface area contributed by atoms with Gasteiger partial charge in [0.1, 0.15) is 5.57 Å². The molecule has 1 fully saturated rings. The van der Waals surface area contributed by atoms with Crippen molar-refractivity contribution in [2.24, 2.45) is 0 Å². The Morgan fingerprint density at radius 2 is 1.81 bits per heavy atom. The van der Waals surface area contributed by atoms with Crippen molar-refractivity contribution in [1.82, 2.24) is 15.2 Å². The summed E-state index contributed by atoms with van der Waals surface area (Å²) in [4.78, 5) is 35.9. The van der Waals surface area contributed by atoms with Crippen molar-refractivity contribution in [2.45, 2.75) is 13.8 Å². The Hall–Kier alpha value is -3.26. The summed E-state index contributed by atoms with van der Waals surface area (Å²) in [6.07, 6.45) is 1.52. The van der Waals surface area contributed by atoms with Crippen LogP contribution in [0.3, 0.4) is 0 Å². The van der Waals surface area contributed by atoms with Crippen LogP contribution in [0.15, 0.2) is 35.9 Å². The van der Waals surface area contributed by atoms with E-state index in [1.54, 1.807) is 18.2 Å². The highest BCUT2D eigenvalue weighted by atomic mass is 32.1. The molecular formula is C19H17N3O4S. The van der Waals surface area contributed by atoms with Gasteiger partial charge in [0.05, 0.1) is 12.7 Å². The van der Waals surface area contributed by atoms with Crippen molar-refractivity contribution in [3.63, 3.8) is 0 Å². The minimum atomic E-state index is -0.541. The van der Waals surface area contributed by atoms with E-state index in [9.17, 15) is 14.4 Å². The topological polar surface area (TPSA) is 89.4 Å². The molecule has 0 unspecified atom stereocenters. The molecular weight excluding hydrogens is 366 g/mol. The Balaban J connectivity index is 2.05. The third kappa shape index (κ3) is 3.52. The zero-order valence-corrected chi connectivity index (χ0v) is 15.8. The predicted molar refractivity (Wildman–Crippen MR) is 103 cm³/mol. The third-order valence-electron chi connectivity index (χ3n) is 4.24. The van der Waals surface area contributed by atoms with Gasteiger partial charge in [-0.3, -0.25) is 20.2 Å². The van der Waals surface area contributed by atoms with Crippen LogP contribution in [0.25, 0.3) is 11.8 Å². The molecule has 0 radical (unpaired) electrons. The lowest BCUT2D eigenvalue weighted by Crippen LogP contribution is -2.51. The van der Waals surface area contributed by atoms with Crippen molar-refractivity contribution < 1.29 is 19.1 Å². The number of ether oxygens (including phenoxy) is 1. The number of rotatable bonds is 3. The van der Waals surface area contributed by atoms with Gasteiger partial charge in [0.25, 0.3) is 11.8 Å². The van der Waals surface area contributed by atoms with Gasteiger partial charge in [0.15, 0.2) is 5.11 Å². The molecule has 1 aliphatic heterocycles. The molecule has 1 saturated heterocycles. The van der Waals surface area contributed by atoms with Crippen LogP contribution >= 0.6 is 12.2 Å².